The lowest BCUT2D eigenvalue weighted by Crippen LogP contribution is -2.06. The molecule has 21 heavy (non-hydrogen) atoms. The average Bonchev–Trinajstić information content (AvgIpc) is 2.36. The molecule has 0 saturated carbocycles. The number of alkyl halides is 3. The van der Waals surface area contributed by atoms with Gasteiger partial charge in [-0.2, -0.15) is 13.2 Å². The summed E-state index contributed by atoms with van der Waals surface area (Å²) in [7, 11) is 0. The van der Waals surface area contributed by atoms with E-state index in [4.69, 9.17) is 16.3 Å². The highest BCUT2D eigenvalue weighted by Gasteiger charge is 2.32. The van der Waals surface area contributed by atoms with Gasteiger partial charge in [0, 0.05) is 4.47 Å². The average molecular weight is 384 g/mol. The first kappa shape index (κ1) is 16.1. The molecule has 0 heterocycles. The molecule has 0 atom stereocenters. The summed E-state index contributed by atoms with van der Waals surface area (Å²) in [4.78, 5) is 0. The lowest BCUT2D eigenvalue weighted by Gasteiger charge is -2.13. The number of hydrogen-bond donors (Lipinski definition) is 0. The van der Waals surface area contributed by atoms with Gasteiger partial charge >= 0.3 is 6.18 Å². The molecule has 0 spiro atoms. The zero-order valence-corrected chi connectivity index (χ0v) is 12.9. The van der Waals surface area contributed by atoms with E-state index in [9.17, 15) is 17.6 Å². The molecule has 2 aromatic rings. The summed E-state index contributed by atoms with van der Waals surface area (Å²) in [5.74, 6) is -1.34. The highest BCUT2D eigenvalue weighted by atomic mass is 79.9. The van der Waals surface area contributed by atoms with Gasteiger partial charge in [-0.15, -0.1) is 0 Å². The van der Waals surface area contributed by atoms with Crippen LogP contribution in [-0.2, 0) is 6.18 Å². The van der Waals surface area contributed by atoms with Crippen molar-refractivity contribution in [2.45, 2.75) is 13.1 Å². The molecular formula is C14H8BrClF4O. The molecule has 1 nitrogen and oxygen atoms in total. The molecule has 0 unspecified atom stereocenters. The van der Waals surface area contributed by atoms with Gasteiger partial charge < -0.3 is 4.74 Å². The van der Waals surface area contributed by atoms with Gasteiger partial charge in [-0.1, -0.05) is 27.5 Å². The van der Waals surface area contributed by atoms with Crippen LogP contribution in [0.2, 0.25) is 5.02 Å². The highest BCUT2D eigenvalue weighted by Crippen LogP contribution is 2.38. The van der Waals surface area contributed by atoms with E-state index < -0.39 is 28.3 Å². The largest absolute Gasteiger partial charge is 0.453 e. The van der Waals surface area contributed by atoms with Crippen LogP contribution in [0.1, 0.15) is 11.1 Å². The van der Waals surface area contributed by atoms with E-state index in [0.717, 1.165) is 10.0 Å². The maximum absolute atomic E-state index is 13.8. The monoisotopic (exact) mass is 382 g/mol. The Morgan fingerprint density at radius 3 is 2.33 bits per heavy atom. The van der Waals surface area contributed by atoms with Crippen LogP contribution in [0.4, 0.5) is 17.6 Å². The molecule has 2 rings (SSSR count). The van der Waals surface area contributed by atoms with Crippen molar-refractivity contribution >= 4 is 27.5 Å². The van der Waals surface area contributed by atoms with Crippen molar-refractivity contribution < 1.29 is 22.3 Å². The van der Waals surface area contributed by atoms with Gasteiger partial charge in [0.25, 0.3) is 0 Å². The Morgan fingerprint density at radius 2 is 1.81 bits per heavy atom. The normalized spacial score (nSPS) is 11.6. The minimum Gasteiger partial charge on any atom is -0.453 e. The molecular weight excluding hydrogens is 376 g/mol. The van der Waals surface area contributed by atoms with Crippen LogP contribution >= 0.6 is 27.5 Å². The summed E-state index contributed by atoms with van der Waals surface area (Å²) >= 11 is 8.98. The quantitative estimate of drug-likeness (QED) is 0.548. The Bertz CT molecular complexity index is 662. The van der Waals surface area contributed by atoms with E-state index in [1.165, 1.54) is 0 Å². The van der Waals surface area contributed by atoms with Crippen molar-refractivity contribution in [2.24, 2.45) is 0 Å². The van der Waals surface area contributed by atoms with Crippen molar-refractivity contribution in [2.75, 3.05) is 0 Å². The van der Waals surface area contributed by atoms with Gasteiger partial charge in [0.2, 0.25) is 0 Å². The third-order valence-electron chi connectivity index (χ3n) is 2.67. The molecule has 0 aliphatic carbocycles. The van der Waals surface area contributed by atoms with Gasteiger partial charge in [-0.3, -0.25) is 0 Å². The SMILES string of the molecule is Cc1cc(Oc2c(F)cc(C(F)(F)F)cc2Cl)ccc1Br. The third-order valence-corrected chi connectivity index (χ3v) is 3.85. The number of ether oxygens (including phenoxy) is 1. The topological polar surface area (TPSA) is 9.23 Å². The van der Waals surface area contributed by atoms with Crippen molar-refractivity contribution in [3.8, 4) is 11.5 Å². The number of halogens is 6. The van der Waals surface area contributed by atoms with Gasteiger partial charge in [0.15, 0.2) is 11.6 Å². The Balaban J connectivity index is 2.39. The number of benzene rings is 2. The van der Waals surface area contributed by atoms with Crippen LogP contribution < -0.4 is 4.74 Å². The Morgan fingerprint density at radius 1 is 1.14 bits per heavy atom. The maximum Gasteiger partial charge on any atom is 0.416 e. The van der Waals surface area contributed by atoms with Crippen molar-refractivity contribution in [1.29, 1.82) is 0 Å². The molecule has 0 aliphatic rings. The van der Waals surface area contributed by atoms with E-state index in [2.05, 4.69) is 15.9 Å². The second-order valence-corrected chi connectivity index (χ2v) is 5.54. The molecule has 0 bridgehead atoms. The summed E-state index contributed by atoms with van der Waals surface area (Å²) < 4.78 is 57.5. The maximum atomic E-state index is 13.8. The van der Waals surface area contributed by atoms with Gasteiger partial charge in [-0.05, 0) is 42.8 Å². The van der Waals surface area contributed by atoms with E-state index >= 15 is 0 Å². The number of aryl methyl sites for hydroxylation is 1. The summed E-state index contributed by atoms with van der Waals surface area (Å²) in [5, 5.41) is -0.442. The molecule has 0 aliphatic heterocycles. The lowest BCUT2D eigenvalue weighted by molar-refractivity contribution is -0.137. The van der Waals surface area contributed by atoms with E-state index in [1.807, 2.05) is 0 Å². The molecule has 0 amide bonds. The van der Waals surface area contributed by atoms with Crippen molar-refractivity contribution in [3.63, 3.8) is 0 Å². The van der Waals surface area contributed by atoms with Crippen LogP contribution in [0.3, 0.4) is 0 Å². The smallest absolute Gasteiger partial charge is 0.416 e. The van der Waals surface area contributed by atoms with Crippen LogP contribution in [0.15, 0.2) is 34.8 Å². The third kappa shape index (κ3) is 3.68. The summed E-state index contributed by atoms with van der Waals surface area (Å²) in [5.41, 5.74) is -0.333. The fourth-order valence-corrected chi connectivity index (χ4v) is 2.11. The molecule has 7 heteroatoms. The molecule has 0 aromatic heterocycles. The van der Waals surface area contributed by atoms with Crippen molar-refractivity contribution in [1.82, 2.24) is 0 Å². The number of rotatable bonds is 2. The fourth-order valence-electron chi connectivity index (χ4n) is 1.62. The van der Waals surface area contributed by atoms with E-state index in [-0.39, 0.29) is 5.75 Å². The summed E-state index contributed by atoms with van der Waals surface area (Å²) in [6.07, 6.45) is -4.67. The van der Waals surface area contributed by atoms with Crippen LogP contribution in [-0.4, -0.2) is 0 Å². The van der Waals surface area contributed by atoms with Crippen LogP contribution in [0.5, 0.6) is 11.5 Å². The van der Waals surface area contributed by atoms with Crippen LogP contribution in [0, 0.1) is 12.7 Å². The zero-order chi connectivity index (χ0) is 15.8. The van der Waals surface area contributed by atoms with Crippen molar-refractivity contribution in [3.05, 3.63) is 56.8 Å². The lowest BCUT2D eigenvalue weighted by atomic mass is 10.2. The zero-order valence-electron chi connectivity index (χ0n) is 10.6. The van der Waals surface area contributed by atoms with E-state index in [0.29, 0.717) is 12.1 Å². The predicted molar refractivity (Wildman–Crippen MR) is 75.4 cm³/mol. The molecule has 0 fully saturated rings. The first-order valence-electron chi connectivity index (χ1n) is 5.68. The Hall–Kier alpha value is -1.27. The molecule has 112 valence electrons. The van der Waals surface area contributed by atoms with Gasteiger partial charge in [0.1, 0.15) is 5.75 Å². The molecule has 0 radical (unpaired) electrons. The molecule has 0 saturated heterocycles. The Kier molecular flexibility index (Phi) is 4.49. The van der Waals surface area contributed by atoms with Gasteiger partial charge in [0.05, 0.1) is 10.6 Å². The minimum atomic E-state index is -4.67. The minimum absolute atomic E-state index is 0.274. The fraction of sp³-hybridized carbons (Fsp3) is 0.143. The van der Waals surface area contributed by atoms with Crippen LogP contribution in [0.25, 0.3) is 0 Å². The summed E-state index contributed by atoms with van der Waals surface area (Å²) in [6.45, 7) is 1.79. The Labute approximate surface area is 131 Å². The van der Waals surface area contributed by atoms with E-state index in [1.54, 1.807) is 25.1 Å². The first-order valence-corrected chi connectivity index (χ1v) is 6.86. The first-order chi connectivity index (χ1) is 9.68. The number of hydrogen-bond acceptors (Lipinski definition) is 1. The highest BCUT2D eigenvalue weighted by molar-refractivity contribution is 9.10. The second kappa shape index (κ2) is 5.85. The van der Waals surface area contributed by atoms with Gasteiger partial charge in [-0.25, -0.2) is 4.39 Å². The standard InChI is InChI=1S/C14H8BrClF4O/c1-7-4-9(2-3-10(7)15)21-13-11(16)5-8(6-12(13)17)14(18,19)20/h2-6H,1H3. The summed E-state index contributed by atoms with van der Waals surface area (Å²) in [6, 6.07) is 5.82. The second-order valence-electron chi connectivity index (χ2n) is 4.28. The molecule has 2 aromatic carbocycles. The molecule has 0 N–H and O–H groups in total. The predicted octanol–water partition coefficient (Wildman–Crippen LogP) is 6.36.